The van der Waals surface area contributed by atoms with E-state index in [9.17, 15) is 0 Å². The van der Waals surface area contributed by atoms with Crippen molar-refractivity contribution in [2.45, 2.75) is 0 Å². The summed E-state index contributed by atoms with van der Waals surface area (Å²) in [5.41, 5.74) is 18.3. The van der Waals surface area contributed by atoms with Gasteiger partial charge in [0.1, 0.15) is 0 Å². The third kappa shape index (κ3) is 7.76. The van der Waals surface area contributed by atoms with Gasteiger partial charge in [0.15, 0.2) is 0 Å². The van der Waals surface area contributed by atoms with E-state index in [-0.39, 0.29) is 0 Å². The molecule has 5 heteroatoms. The lowest BCUT2D eigenvalue weighted by molar-refractivity contribution is 1.28. The van der Waals surface area contributed by atoms with Crippen molar-refractivity contribution in [2.75, 3.05) is 0 Å². The van der Waals surface area contributed by atoms with Gasteiger partial charge in [0, 0.05) is 58.2 Å². The summed E-state index contributed by atoms with van der Waals surface area (Å²) >= 11 is 0. The zero-order chi connectivity index (χ0) is 40.1. The number of aromatic nitrogens is 5. The molecule has 0 amide bonds. The summed E-state index contributed by atoms with van der Waals surface area (Å²) in [6.45, 7) is 0. The van der Waals surface area contributed by atoms with Crippen LogP contribution in [0.3, 0.4) is 0 Å². The maximum atomic E-state index is 5.09. The lowest BCUT2D eigenvalue weighted by atomic mass is 9.91. The van der Waals surface area contributed by atoms with Crippen LogP contribution in [0.15, 0.2) is 225 Å². The Bertz CT molecular complexity index is 2750. The molecular weight excluding hydrogens is 731 g/mol. The fourth-order valence-electron chi connectivity index (χ4n) is 7.61. The smallest absolute Gasteiger partial charge is 0.0725 e. The zero-order valence-corrected chi connectivity index (χ0v) is 32.6. The fourth-order valence-corrected chi connectivity index (χ4v) is 7.61. The first-order valence-corrected chi connectivity index (χ1v) is 20.0. The first-order chi connectivity index (χ1) is 29.7. The fraction of sp³-hybridized carbons (Fsp3) is 0. The van der Waals surface area contributed by atoms with E-state index in [4.69, 9.17) is 15.0 Å². The van der Waals surface area contributed by atoms with E-state index >= 15 is 0 Å². The minimum atomic E-state index is 0.888. The first-order valence-electron chi connectivity index (χ1n) is 20.0. The monoisotopic (exact) mass is 767 g/mol. The number of hydrogen-bond donors (Lipinski definition) is 0. The molecule has 0 radical (unpaired) electrons. The molecule has 0 saturated carbocycles. The van der Waals surface area contributed by atoms with Crippen LogP contribution in [0.5, 0.6) is 0 Å². The predicted molar refractivity (Wildman–Crippen MR) is 244 cm³/mol. The maximum absolute atomic E-state index is 5.09. The van der Waals surface area contributed by atoms with E-state index in [0.717, 1.165) is 101 Å². The highest BCUT2D eigenvalue weighted by molar-refractivity contribution is 5.85. The van der Waals surface area contributed by atoms with Crippen molar-refractivity contribution >= 4 is 0 Å². The molecule has 5 aromatic heterocycles. The van der Waals surface area contributed by atoms with Crippen molar-refractivity contribution in [1.29, 1.82) is 0 Å². The predicted octanol–water partition coefficient (Wildman–Crippen LogP) is 13.7. The molecule has 0 saturated heterocycles. The quantitative estimate of drug-likeness (QED) is 0.146. The van der Waals surface area contributed by atoms with Crippen molar-refractivity contribution in [3.8, 4) is 101 Å². The summed E-state index contributed by atoms with van der Waals surface area (Å²) in [5.74, 6) is 0. The van der Waals surface area contributed by atoms with Crippen molar-refractivity contribution in [1.82, 2.24) is 24.9 Å². The molecule has 0 fully saturated rings. The Balaban J connectivity index is 1.07. The largest absolute Gasteiger partial charge is 0.264 e. The number of benzene rings is 5. The Hall–Kier alpha value is -8.15. The molecule has 0 atom stereocenters. The van der Waals surface area contributed by atoms with Crippen molar-refractivity contribution in [3.05, 3.63) is 225 Å². The molecule has 5 heterocycles. The van der Waals surface area contributed by atoms with Gasteiger partial charge in [-0.05, 0) is 130 Å². The van der Waals surface area contributed by atoms with Gasteiger partial charge in [-0.1, -0.05) is 103 Å². The zero-order valence-electron chi connectivity index (χ0n) is 32.6. The van der Waals surface area contributed by atoms with Crippen molar-refractivity contribution in [3.63, 3.8) is 0 Å². The van der Waals surface area contributed by atoms with Crippen LogP contribution in [0.1, 0.15) is 0 Å². The highest BCUT2D eigenvalue weighted by Crippen LogP contribution is 2.37. The van der Waals surface area contributed by atoms with E-state index in [1.807, 2.05) is 67.0 Å². The van der Waals surface area contributed by atoms with Gasteiger partial charge in [-0.25, -0.2) is 15.0 Å². The Morgan fingerprint density at radius 2 is 0.483 bits per heavy atom. The van der Waals surface area contributed by atoms with E-state index < -0.39 is 0 Å². The van der Waals surface area contributed by atoms with Gasteiger partial charge in [0.2, 0.25) is 0 Å². The highest BCUT2D eigenvalue weighted by Gasteiger charge is 2.13. The van der Waals surface area contributed by atoms with Gasteiger partial charge in [-0.2, -0.15) is 0 Å². The number of pyridine rings is 5. The van der Waals surface area contributed by atoms with Gasteiger partial charge in [-0.3, -0.25) is 9.97 Å². The maximum Gasteiger partial charge on any atom is 0.0725 e. The van der Waals surface area contributed by atoms with Crippen LogP contribution in [0.25, 0.3) is 101 Å². The molecule has 0 aliphatic heterocycles. The van der Waals surface area contributed by atoms with E-state index in [0.29, 0.717) is 0 Å². The minimum absolute atomic E-state index is 0.888. The average molecular weight is 768 g/mol. The number of rotatable bonds is 9. The molecule has 10 aromatic rings. The van der Waals surface area contributed by atoms with Crippen LogP contribution in [0.4, 0.5) is 0 Å². The van der Waals surface area contributed by atoms with Gasteiger partial charge in [0.25, 0.3) is 0 Å². The number of hydrogen-bond acceptors (Lipinski definition) is 5. The summed E-state index contributed by atoms with van der Waals surface area (Å²) < 4.78 is 0. The standard InChI is InChI=1S/C55H37N5/c1-2-12-38(13-3-1)50-22-7-23-51(58-50)42-17-4-14-39(30-42)47-33-48(40-15-5-18-43(31-40)52-24-8-26-54(59-52)45-20-10-28-56-36-45)35-49(34-47)41-16-6-19-44(32-41)53-25-9-27-55(60-53)46-21-11-29-57-37-46/h1-37H. The van der Waals surface area contributed by atoms with Crippen LogP contribution in [0.2, 0.25) is 0 Å². The molecule has 0 unspecified atom stereocenters. The van der Waals surface area contributed by atoms with Crippen molar-refractivity contribution in [2.24, 2.45) is 0 Å². The molecule has 5 aromatic carbocycles. The average Bonchev–Trinajstić information content (AvgIpc) is 3.35. The molecule has 5 nitrogen and oxygen atoms in total. The lowest BCUT2D eigenvalue weighted by Gasteiger charge is -2.14. The van der Waals surface area contributed by atoms with Crippen LogP contribution < -0.4 is 0 Å². The summed E-state index contributed by atoms with van der Waals surface area (Å²) in [6.07, 6.45) is 7.26. The molecule has 282 valence electrons. The number of nitrogens with zero attached hydrogens (tertiary/aromatic N) is 5. The summed E-state index contributed by atoms with van der Waals surface area (Å²) in [7, 11) is 0. The SMILES string of the molecule is c1ccc(-c2cccc(-c3cccc(-c4cc(-c5cccc(-c6cccc(-c7cccnc7)n6)c5)cc(-c5cccc(-c6cccc(-c7cccnc7)n6)c5)c4)c3)n2)cc1. The Morgan fingerprint density at radius 1 is 0.200 bits per heavy atom. The highest BCUT2D eigenvalue weighted by atomic mass is 14.7. The normalized spacial score (nSPS) is 11.0. The summed E-state index contributed by atoms with van der Waals surface area (Å²) in [6, 6.07) is 69.7. The van der Waals surface area contributed by atoms with Crippen LogP contribution in [-0.4, -0.2) is 24.9 Å². The van der Waals surface area contributed by atoms with E-state index in [1.165, 1.54) is 0 Å². The van der Waals surface area contributed by atoms with Crippen LogP contribution in [0, 0.1) is 0 Å². The topological polar surface area (TPSA) is 64.5 Å². The molecule has 0 bridgehead atoms. The second-order valence-corrected chi connectivity index (χ2v) is 14.6. The van der Waals surface area contributed by atoms with Gasteiger partial charge in [-0.15, -0.1) is 0 Å². The second-order valence-electron chi connectivity index (χ2n) is 14.6. The van der Waals surface area contributed by atoms with Crippen LogP contribution >= 0.6 is 0 Å². The second kappa shape index (κ2) is 16.4. The summed E-state index contributed by atoms with van der Waals surface area (Å²) in [5, 5.41) is 0. The van der Waals surface area contributed by atoms with E-state index in [1.54, 1.807) is 12.4 Å². The van der Waals surface area contributed by atoms with Gasteiger partial charge in [0.05, 0.1) is 34.2 Å². The summed E-state index contributed by atoms with van der Waals surface area (Å²) in [4.78, 5) is 23.8. The van der Waals surface area contributed by atoms with Gasteiger partial charge < -0.3 is 0 Å². The Morgan fingerprint density at radius 3 is 0.850 bits per heavy atom. The lowest BCUT2D eigenvalue weighted by Crippen LogP contribution is -1.91. The molecule has 0 aliphatic carbocycles. The first kappa shape index (κ1) is 36.2. The van der Waals surface area contributed by atoms with Crippen molar-refractivity contribution < 1.29 is 0 Å². The third-order valence-corrected chi connectivity index (χ3v) is 10.6. The molecule has 0 N–H and O–H groups in total. The van der Waals surface area contributed by atoms with E-state index in [2.05, 4.69) is 156 Å². The molecular formula is C55H37N5. The Kier molecular flexibility index (Phi) is 9.88. The Labute approximate surface area is 349 Å². The molecule has 0 spiro atoms. The molecule has 10 rings (SSSR count). The molecule has 60 heavy (non-hydrogen) atoms. The molecule has 0 aliphatic rings. The third-order valence-electron chi connectivity index (χ3n) is 10.6. The van der Waals surface area contributed by atoms with Crippen LogP contribution in [-0.2, 0) is 0 Å². The minimum Gasteiger partial charge on any atom is -0.264 e. The van der Waals surface area contributed by atoms with Gasteiger partial charge >= 0.3 is 0 Å².